The first-order valence-corrected chi connectivity index (χ1v) is 12.6. The van der Waals surface area contributed by atoms with Crippen molar-refractivity contribution in [2.24, 2.45) is 5.10 Å². The number of rotatable bonds is 8. The third kappa shape index (κ3) is 7.39. The summed E-state index contributed by atoms with van der Waals surface area (Å²) in [5.41, 5.74) is 5.53. The molecule has 4 aromatic rings. The minimum Gasteiger partial charge on any atom is -0.497 e. The van der Waals surface area contributed by atoms with E-state index in [-0.39, 0.29) is 17.2 Å². The van der Waals surface area contributed by atoms with Crippen LogP contribution in [0.2, 0.25) is 0 Å². The van der Waals surface area contributed by atoms with Gasteiger partial charge in [-0.2, -0.15) is 5.10 Å². The van der Waals surface area contributed by atoms with Crippen LogP contribution in [0.1, 0.15) is 42.2 Å². The van der Waals surface area contributed by atoms with Crippen LogP contribution in [0.25, 0.3) is 0 Å². The van der Waals surface area contributed by atoms with Crippen molar-refractivity contribution in [2.45, 2.75) is 6.92 Å². The van der Waals surface area contributed by atoms with E-state index in [4.69, 9.17) is 9.47 Å². The molecule has 0 aliphatic rings. The van der Waals surface area contributed by atoms with Crippen LogP contribution in [-0.2, 0) is 0 Å². The number of benzene rings is 4. The fraction of sp³-hybridized carbons (Fsp3) is 0.0667. The van der Waals surface area contributed by atoms with Crippen molar-refractivity contribution in [1.29, 1.82) is 0 Å². The number of halogens is 1. The van der Waals surface area contributed by atoms with Crippen molar-refractivity contribution in [3.8, 4) is 11.5 Å². The number of anilines is 1. The first-order valence-electron chi connectivity index (χ1n) is 11.8. The van der Waals surface area contributed by atoms with Crippen LogP contribution in [0.3, 0.4) is 0 Å². The van der Waals surface area contributed by atoms with E-state index in [1.165, 1.54) is 19.4 Å². The van der Waals surface area contributed by atoms with Crippen LogP contribution in [-0.4, -0.2) is 31.1 Å². The number of ether oxygens (including phenoxy) is 2. The van der Waals surface area contributed by atoms with E-state index in [1.807, 2.05) is 19.1 Å². The quantitative estimate of drug-likeness (QED) is 0.114. The van der Waals surface area contributed by atoms with Gasteiger partial charge in [-0.05, 0) is 73.7 Å². The topological polar surface area (TPSA) is 106 Å². The molecule has 0 spiro atoms. The van der Waals surface area contributed by atoms with E-state index in [0.717, 1.165) is 10.0 Å². The molecule has 4 rings (SSSR count). The Morgan fingerprint density at radius 1 is 0.821 bits per heavy atom. The van der Waals surface area contributed by atoms with E-state index in [1.54, 1.807) is 72.8 Å². The highest BCUT2D eigenvalue weighted by Crippen LogP contribution is 2.23. The molecule has 8 nitrogen and oxygen atoms in total. The number of amides is 2. The van der Waals surface area contributed by atoms with Crippen LogP contribution in [0.4, 0.5) is 5.69 Å². The first-order chi connectivity index (χ1) is 18.8. The van der Waals surface area contributed by atoms with E-state index in [9.17, 15) is 14.4 Å². The molecule has 9 heteroatoms. The summed E-state index contributed by atoms with van der Waals surface area (Å²) in [7, 11) is 1.52. The van der Waals surface area contributed by atoms with Crippen molar-refractivity contribution in [1.82, 2.24) is 5.43 Å². The molecule has 4 aromatic carbocycles. The average Bonchev–Trinajstić information content (AvgIpc) is 2.94. The molecule has 0 aliphatic carbocycles. The zero-order valence-electron chi connectivity index (χ0n) is 21.1. The maximum atomic E-state index is 12.7. The highest BCUT2D eigenvalue weighted by molar-refractivity contribution is 9.10. The van der Waals surface area contributed by atoms with Gasteiger partial charge in [0.05, 0.1) is 18.9 Å². The highest BCUT2D eigenvalue weighted by atomic mass is 79.9. The third-order valence-electron chi connectivity index (χ3n) is 5.55. The molecule has 0 aliphatic heterocycles. The van der Waals surface area contributed by atoms with E-state index in [0.29, 0.717) is 28.1 Å². The van der Waals surface area contributed by atoms with E-state index in [2.05, 4.69) is 31.8 Å². The number of carbonyl (C=O) groups is 3. The van der Waals surface area contributed by atoms with Gasteiger partial charge in [-0.1, -0.05) is 45.8 Å². The van der Waals surface area contributed by atoms with Crippen LogP contribution in [0.15, 0.2) is 101 Å². The van der Waals surface area contributed by atoms with Crippen molar-refractivity contribution < 1.29 is 23.9 Å². The fourth-order valence-electron chi connectivity index (χ4n) is 3.49. The number of hydrogen-bond donors (Lipinski definition) is 2. The summed E-state index contributed by atoms with van der Waals surface area (Å²) in [6.07, 6.45) is 1.38. The smallest absolute Gasteiger partial charge is 0.343 e. The number of carbonyl (C=O) groups excluding carboxylic acids is 3. The predicted octanol–water partition coefficient (Wildman–Crippen LogP) is 6.00. The zero-order chi connectivity index (χ0) is 27.8. The van der Waals surface area contributed by atoms with Gasteiger partial charge in [0.1, 0.15) is 11.5 Å². The molecule has 2 amide bonds. The van der Waals surface area contributed by atoms with Gasteiger partial charge in [0.25, 0.3) is 11.8 Å². The molecule has 0 saturated carbocycles. The molecule has 0 saturated heterocycles. The van der Waals surface area contributed by atoms with Crippen molar-refractivity contribution >= 4 is 45.6 Å². The van der Waals surface area contributed by atoms with Gasteiger partial charge < -0.3 is 14.8 Å². The van der Waals surface area contributed by atoms with Gasteiger partial charge in [0, 0.05) is 26.9 Å². The number of hydrazone groups is 1. The maximum absolute atomic E-state index is 12.7. The summed E-state index contributed by atoms with van der Waals surface area (Å²) in [6.45, 7) is 1.93. The SMILES string of the molecule is COc1cccc(C(=O)Nc2cccc(C(=O)NN=Cc3cc(Br)ccc3OC(=O)c3ccc(C)cc3)c2)c1. The number of nitrogens with zero attached hydrogens (tertiary/aromatic N) is 1. The van der Waals surface area contributed by atoms with Crippen molar-refractivity contribution in [3.05, 3.63) is 123 Å². The van der Waals surface area contributed by atoms with Crippen LogP contribution < -0.4 is 20.2 Å². The summed E-state index contributed by atoms with van der Waals surface area (Å²) in [5, 5.41) is 6.80. The standard InChI is InChI=1S/C30H24BrN3O5/c1-19-9-11-20(12-10-19)30(37)39-27-14-13-24(31)15-23(27)18-32-34-29(36)21-5-3-7-25(16-21)33-28(35)22-6-4-8-26(17-22)38-2/h3-18H,1-2H3,(H,33,35)(H,34,36). The lowest BCUT2D eigenvalue weighted by molar-refractivity contribution is 0.0734. The second-order valence-corrected chi connectivity index (χ2v) is 9.32. The Morgan fingerprint density at radius 2 is 1.54 bits per heavy atom. The average molecular weight is 586 g/mol. The van der Waals surface area contributed by atoms with Gasteiger partial charge >= 0.3 is 5.97 Å². The zero-order valence-corrected chi connectivity index (χ0v) is 22.7. The van der Waals surface area contributed by atoms with Crippen LogP contribution in [0, 0.1) is 6.92 Å². The normalized spacial score (nSPS) is 10.6. The van der Waals surface area contributed by atoms with Gasteiger partial charge in [0.2, 0.25) is 0 Å². The minimum atomic E-state index is -0.510. The van der Waals surface area contributed by atoms with Crippen molar-refractivity contribution in [2.75, 3.05) is 12.4 Å². The fourth-order valence-corrected chi connectivity index (χ4v) is 3.87. The van der Waals surface area contributed by atoms with Gasteiger partial charge in [-0.25, -0.2) is 10.2 Å². The second kappa shape index (κ2) is 12.7. The first kappa shape index (κ1) is 27.3. The Balaban J connectivity index is 1.42. The van der Waals surface area contributed by atoms with Crippen LogP contribution in [0.5, 0.6) is 11.5 Å². The summed E-state index contributed by atoms with van der Waals surface area (Å²) in [5.74, 6) is -0.497. The highest BCUT2D eigenvalue weighted by Gasteiger charge is 2.13. The van der Waals surface area contributed by atoms with Gasteiger partial charge in [-0.3, -0.25) is 9.59 Å². The summed E-state index contributed by atoms with van der Waals surface area (Å²) >= 11 is 3.39. The monoisotopic (exact) mass is 585 g/mol. The minimum absolute atomic E-state index is 0.282. The molecule has 0 radical (unpaired) electrons. The predicted molar refractivity (Wildman–Crippen MR) is 153 cm³/mol. The number of methoxy groups -OCH3 is 1. The van der Waals surface area contributed by atoms with Crippen LogP contribution >= 0.6 is 15.9 Å². The molecule has 0 fully saturated rings. The molecule has 196 valence electrons. The Bertz CT molecular complexity index is 1550. The summed E-state index contributed by atoms with van der Waals surface area (Å²) < 4.78 is 11.5. The van der Waals surface area contributed by atoms with E-state index < -0.39 is 11.9 Å². The number of aryl methyl sites for hydroxylation is 1. The van der Waals surface area contributed by atoms with E-state index >= 15 is 0 Å². The maximum Gasteiger partial charge on any atom is 0.343 e. The lowest BCUT2D eigenvalue weighted by atomic mass is 10.1. The Hall–Kier alpha value is -4.76. The molecular weight excluding hydrogens is 562 g/mol. The molecule has 39 heavy (non-hydrogen) atoms. The number of esters is 1. The molecule has 0 atom stereocenters. The molecule has 0 unspecified atom stereocenters. The summed E-state index contributed by atoms with van der Waals surface area (Å²) in [4.78, 5) is 37.9. The Morgan fingerprint density at radius 3 is 2.28 bits per heavy atom. The lowest BCUT2D eigenvalue weighted by Crippen LogP contribution is -2.18. The van der Waals surface area contributed by atoms with Gasteiger partial charge in [-0.15, -0.1) is 0 Å². The largest absolute Gasteiger partial charge is 0.497 e. The molecule has 0 aromatic heterocycles. The van der Waals surface area contributed by atoms with Gasteiger partial charge in [0.15, 0.2) is 0 Å². The molecule has 0 bridgehead atoms. The Labute approximate surface area is 233 Å². The lowest BCUT2D eigenvalue weighted by Gasteiger charge is -2.09. The Kier molecular flexibility index (Phi) is 8.86. The number of hydrogen-bond acceptors (Lipinski definition) is 6. The molecule has 0 heterocycles. The number of nitrogens with one attached hydrogen (secondary N) is 2. The second-order valence-electron chi connectivity index (χ2n) is 8.40. The van der Waals surface area contributed by atoms with Crippen molar-refractivity contribution in [3.63, 3.8) is 0 Å². The molecule has 2 N–H and O–H groups in total. The molecular formula is C30H24BrN3O5. The third-order valence-corrected chi connectivity index (χ3v) is 6.04. The summed E-state index contributed by atoms with van der Waals surface area (Å²) in [6, 6.07) is 25.3.